The summed E-state index contributed by atoms with van der Waals surface area (Å²) in [7, 11) is 0. The molecule has 1 aliphatic heterocycles. The van der Waals surface area contributed by atoms with Gasteiger partial charge in [0, 0.05) is 25.7 Å². The first kappa shape index (κ1) is 9.52. The SMILES string of the molecule is CCCCC1CNCCN1[C]=O. The van der Waals surface area contributed by atoms with E-state index in [-0.39, 0.29) is 0 Å². The van der Waals surface area contributed by atoms with Gasteiger partial charge in [-0.3, -0.25) is 4.79 Å². The van der Waals surface area contributed by atoms with Crippen LogP contribution in [0.15, 0.2) is 0 Å². The van der Waals surface area contributed by atoms with E-state index in [0.29, 0.717) is 6.04 Å². The second-order valence-corrected chi connectivity index (χ2v) is 3.28. The lowest BCUT2D eigenvalue weighted by molar-refractivity contribution is 0.231. The molecule has 1 rings (SSSR count). The van der Waals surface area contributed by atoms with Crippen LogP contribution in [0.1, 0.15) is 26.2 Å². The third-order valence-corrected chi connectivity index (χ3v) is 2.36. The Balaban J connectivity index is 2.31. The van der Waals surface area contributed by atoms with Gasteiger partial charge in [0.15, 0.2) is 0 Å². The Morgan fingerprint density at radius 1 is 1.67 bits per heavy atom. The van der Waals surface area contributed by atoms with Crippen molar-refractivity contribution in [3.05, 3.63) is 0 Å². The number of amides is 1. The number of hydrogen-bond acceptors (Lipinski definition) is 2. The van der Waals surface area contributed by atoms with Crippen molar-refractivity contribution in [2.24, 2.45) is 0 Å². The van der Waals surface area contributed by atoms with E-state index in [0.717, 1.165) is 26.1 Å². The Kier molecular flexibility index (Phi) is 4.08. The number of hydrogen-bond donors (Lipinski definition) is 1. The van der Waals surface area contributed by atoms with Gasteiger partial charge in [0.2, 0.25) is 0 Å². The van der Waals surface area contributed by atoms with Crippen molar-refractivity contribution in [2.45, 2.75) is 32.2 Å². The van der Waals surface area contributed by atoms with Crippen molar-refractivity contribution >= 4 is 6.41 Å². The van der Waals surface area contributed by atoms with Crippen LogP contribution in [-0.4, -0.2) is 37.0 Å². The fourth-order valence-electron chi connectivity index (χ4n) is 1.58. The Bertz CT molecular complexity index is 138. The second-order valence-electron chi connectivity index (χ2n) is 3.28. The van der Waals surface area contributed by atoms with Crippen LogP contribution in [0.5, 0.6) is 0 Å². The van der Waals surface area contributed by atoms with Crippen LogP contribution in [0.2, 0.25) is 0 Å². The van der Waals surface area contributed by atoms with Crippen LogP contribution in [-0.2, 0) is 4.79 Å². The molecule has 1 unspecified atom stereocenters. The average Bonchev–Trinajstić information content (AvgIpc) is 2.15. The van der Waals surface area contributed by atoms with E-state index in [9.17, 15) is 4.79 Å². The van der Waals surface area contributed by atoms with E-state index >= 15 is 0 Å². The maximum atomic E-state index is 10.5. The molecule has 3 heteroatoms. The zero-order chi connectivity index (χ0) is 8.81. The van der Waals surface area contributed by atoms with Crippen molar-refractivity contribution in [1.82, 2.24) is 10.2 Å². The molecule has 0 saturated carbocycles. The lowest BCUT2D eigenvalue weighted by atomic mass is 10.1. The molecule has 0 aromatic heterocycles. The van der Waals surface area contributed by atoms with Gasteiger partial charge in [-0.05, 0) is 6.42 Å². The molecule has 0 aromatic rings. The first-order chi connectivity index (χ1) is 5.88. The summed E-state index contributed by atoms with van der Waals surface area (Å²) in [6.07, 6.45) is 5.51. The third kappa shape index (κ3) is 2.48. The Labute approximate surface area is 74.1 Å². The molecule has 1 amide bonds. The maximum absolute atomic E-state index is 10.5. The second kappa shape index (κ2) is 5.14. The molecule has 0 aliphatic carbocycles. The summed E-state index contributed by atoms with van der Waals surface area (Å²) in [6.45, 7) is 4.84. The molecule has 1 N–H and O–H groups in total. The summed E-state index contributed by atoms with van der Waals surface area (Å²) in [5.41, 5.74) is 0. The predicted molar refractivity (Wildman–Crippen MR) is 48.6 cm³/mol. The topological polar surface area (TPSA) is 32.3 Å². The van der Waals surface area contributed by atoms with Gasteiger partial charge in [-0.2, -0.15) is 0 Å². The first-order valence-corrected chi connectivity index (χ1v) is 4.73. The lowest BCUT2D eigenvalue weighted by Gasteiger charge is -2.32. The Morgan fingerprint density at radius 3 is 3.17 bits per heavy atom. The highest BCUT2D eigenvalue weighted by Gasteiger charge is 2.19. The molecule has 1 atom stereocenters. The van der Waals surface area contributed by atoms with E-state index in [1.807, 2.05) is 6.41 Å². The highest BCUT2D eigenvalue weighted by molar-refractivity contribution is 5.49. The van der Waals surface area contributed by atoms with E-state index < -0.39 is 0 Å². The summed E-state index contributed by atoms with van der Waals surface area (Å²) in [5, 5.41) is 3.29. The van der Waals surface area contributed by atoms with Gasteiger partial charge >= 0.3 is 6.41 Å². The van der Waals surface area contributed by atoms with Gasteiger partial charge in [-0.25, -0.2) is 0 Å². The van der Waals surface area contributed by atoms with Crippen LogP contribution in [0.3, 0.4) is 0 Å². The molecular formula is C9H17N2O. The summed E-state index contributed by atoms with van der Waals surface area (Å²) < 4.78 is 0. The van der Waals surface area contributed by atoms with Crippen molar-refractivity contribution < 1.29 is 4.79 Å². The summed E-state index contributed by atoms with van der Waals surface area (Å²) in [4.78, 5) is 12.3. The number of unbranched alkanes of at least 4 members (excludes halogenated alkanes) is 1. The van der Waals surface area contributed by atoms with E-state index in [2.05, 4.69) is 12.2 Å². The highest BCUT2D eigenvalue weighted by Crippen LogP contribution is 2.08. The monoisotopic (exact) mass is 169 g/mol. The van der Waals surface area contributed by atoms with Gasteiger partial charge < -0.3 is 10.2 Å². The van der Waals surface area contributed by atoms with Crippen molar-refractivity contribution in [3.63, 3.8) is 0 Å². The molecule has 12 heavy (non-hydrogen) atoms. The van der Waals surface area contributed by atoms with Crippen LogP contribution in [0.4, 0.5) is 0 Å². The molecule has 1 fully saturated rings. The van der Waals surface area contributed by atoms with Crippen LogP contribution in [0.25, 0.3) is 0 Å². The first-order valence-electron chi connectivity index (χ1n) is 4.73. The van der Waals surface area contributed by atoms with E-state index in [1.54, 1.807) is 4.90 Å². The summed E-state index contributed by atoms with van der Waals surface area (Å²) in [5.74, 6) is 0. The Morgan fingerprint density at radius 2 is 2.50 bits per heavy atom. The zero-order valence-corrected chi connectivity index (χ0v) is 7.68. The van der Waals surface area contributed by atoms with Crippen LogP contribution < -0.4 is 5.32 Å². The largest absolute Gasteiger partial charge is 0.329 e. The number of nitrogens with zero attached hydrogens (tertiary/aromatic N) is 1. The van der Waals surface area contributed by atoms with Crippen molar-refractivity contribution in [2.75, 3.05) is 19.6 Å². The van der Waals surface area contributed by atoms with E-state index in [1.165, 1.54) is 12.8 Å². The van der Waals surface area contributed by atoms with Gasteiger partial charge in [-0.1, -0.05) is 19.8 Å². The molecular weight excluding hydrogens is 152 g/mol. The third-order valence-electron chi connectivity index (χ3n) is 2.36. The van der Waals surface area contributed by atoms with Gasteiger partial charge in [0.05, 0.1) is 0 Å². The number of piperazine rings is 1. The Hall–Kier alpha value is -0.570. The number of carbonyl (C=O) groups excluding carboxylic acids is 1. The van der Waals surface area contributed by atoms with Gasteiger partial charge in [-0.15, -0.1) is 0 Å². The maximum Gasteiger partial charge on any atom is 0.312 e. The minimum absolute atomic E-state index is 0.385. The quantitative estimate of drug-likeness (QED) is 0.665. The van der Waals surface area contributed by atoms with Crippen LogP contribution >= 0.6 is 0 Å². The lowest BCUT2D eigenvalue weighted by Crippen LogP contribution is -2.50. The van der Waals surface area contributed by atoms with Crippen molar-refractivity contribution in [3.8, 4) is 0 Å². The fourth-order valence-corrected chi connectivity index (χ4v) is 1.58. The molecule has 69 valence electrons. The number of nitrogens with one attached hydrogen (secondary N) is 1. The standard InChI is InChI=1S/C9H17N2O/c1-2-3-4-9-7-10-5-6-11(9)8-12/h9-10H,2-7H2,1H3. The smallest absolute Gasteiger partial charge is 0.312 e. The molecule has 0 aromatic carbocycles. The predicted octanol–water partition coefficient (Wildman–Crippen LogP) is 0.518. The minimum atomic E-state index is 0.385. The summed E-state index contributed by atoms with van der Waals surface area (Å²) in [6, 6.07) is 0.385. The highest BCUT2D eigenvalue weighted by atomic mass is 16.1. The van der Waals surface area contributed by atoms with Gasteiger partial charge in [0.1, 0.15) is 0 Å². The molecule has 0 bridgehead atoms. The van der Waals surface area contributed by atoms with Crippen molar-refractivity contribution in [1.29, 1.82) is 0 Å². The molecule has 1 heterocycles. The zero-order valence-electron chi connectivity index (χ0n) is 7.68. The van der Waals surface area contributed by atoms with Crippen LogP contribution in [0, 0.1) is 0 Å². The molecule has 1 radical (unpaired) electrons. The molecule has 1 aliphatic rings. The molecule has 1 saturated heterocycles. The minimum Gasteiger partial charge on any atom is -0.329 e. The number of rotatable bonds is 4. The fraction of sp³-hybridized carbons (Fsp3) is 0.889. The van der Waals surface area contributed by atoms with Gasteiger partial charge in [0.25, 0.3) is 0 Å². The molecule has 3 nitrogen and oxygen atoms in total. The normalized spacial score (nSPS) is 24.1. The molecule has 0 spiro atoms. The average molecular weight is 169 g/mol. The van der Waals surface area contributed by atoms with E-state index in [4.69, 9.17) is 0 Å². The summed E-state index contributed by atoms with van der Waals surface area (Å²) >= 11 is 0.